The van der Waals surface area contributed by atoms with Gasteiger partial charge in [-0.25, -0.2) is 9.82 Å². The zero-order chi connectivity index (χ0) is 19.9. The maximum atomic E-state index is 10.7. The van der Waals surface area contributed by atoms with Crippen molar-refractivity contribution in [2.45, 2.75) is 10.1 Å². The molecule has 0 bridgehead atoms. The Morgan fingerprint density at radius 3 is 2.82 bits per heavy atom. The second-order valence-electron chi connectivity index (χ2n) is 5.68. The van der Waals surface area contributed by atoms with E-state index in [0.29, 0.717) is 11.0 Å². The van der Waals surface area contributed by atoms with Gasteiger partial charge in [0, 0.05) is 22.6 Å². The van der Waals surface area contributed by atoms with Gasteiger partial charge in [-0.05, 0) is 48.3 Å². The van der Waals surface area contributed by atoms with Crippen LogP contribution in [0.25, 0.3) is 22.5 Å². The average Bonchev–Trinajstić information content (AvgIpc) is 3.16. The highest BCUT2D eigenvalue weighted by molar-refractivity contribution is 7.99. The maximum Gasteiger partial charge on any atom is 0.313 e. The monoisotopic (exact) mass is 418 g/mol. The molecule has 0 spiro atoms. The number of hydrogen-bond acceptors (Lipinski definition) is 7. The topological polar surface area (TPSA) is 117 Å². The molecule has 3 aromatic rings. The number of nitrogens with one attached hydrogen (secondary N) is 2. The Kier molecular flexibility index (Phi) is 7.06. The molecule has 0 aliphatic carbocycles. The van der Waals surface area contributed by atoms with E-state index in [9.17, 15) is 4.79 Å². The van der Waals surface area contributed by atoms with Crippen LogP contribution >= 0.6 is 23.7 Å². The van der Waals surface area contributed by atoms with Crippen LogP contribution in [0.2, 0.25) is 0 Å². The van der Waals surface area contributed by atoms with Gasteiger partial charge >= 0.3 is 5.97 Å². The van der Waals surface area contributed by atoms with Crippen LogP contribution in [0.5, 0.6) is 0 Å². The minimum Gasteiger partial charge on any atom is -0.481 e. The molecule has 0 saturated heterocycles. The van der Waals surface area contributed by atoms with Gasteiger partial charge < -0.3 is 5.11 Å². The van der Waals surface area contributed by atoms with Crippen LogP contribution < -0.4 is 10.2 Å². The number of carbonyl (C=O) groups is 1. The van der Waals surface area contributed by atoms with Crippen LogP contribution in [0.4, 0.5) is 5.69 Å². The third kappa shape index (κ3) is 5.33. The van der Waals surface area contributed by atoms with Gasteiger partial charge in [0.25, 0.3) is 0 Å². The van der Waals surface area contributed by atoms with Gasteiger partial charge in [0.05, 0.1) is 12.9 Å². The summed E-state index contributed by atoms with van der Waals surface area (Å²) in [6.45, 7) is 0. The number of nitrogens with zero attached hydrogens (tertiary/aromatic N) is 2. The zero-order valence-electron chi connectivity index (χ0n) is 15.3. The number of aromatic nitrogens is 3. The summed E-state index contributed by atoms with van der Waals surface area (Å²) in [5.74, 6) is -0.424. The molecule has 10 heteroatoms. The highest BCUT2D eigenvalue weighted by Crippen LogP contribution is 2.30. The fraction of sp³-hybridized carbons (Fsp3) is 0.167. The molecule has 0 fully saturated rings. The standard InChI is InChI=1S/C18H19N5O3S2/c1-19-28-15-5-3-4-11(9-15)12-6-13(8-14(7-12)23-26-2)17-20-18(22-21-17)27-10-16(24)25/h3-9,19,23H,10H2,1-2H3,(H,24,25)(H,20,21,22)/p+1. The Morgan fingerprint density at radius 1 is 1.25 bits per heavy atom. The number of H-pyrrole nitrogens is 1. The first-order valence-electron chi connectivity index (χ1n) is 8.31. The number of benzene rings is 2. The Balaban J connectivity index is 1.96. The highest BCUT2D eigenvalue weighted by atomic mass is 32.2. The number of carboxylic acids is 1. The summed E-state index contributed by atoms with van der Waals surface area (Å²) in [4.78, 5) is 21.4. The molecular formula is C18H20N5O3S2+. The Morgan fingerprint density at radius 2 is 2.07 bits per heavy atom. The van der Waals surface area contributed by atoms with Gasteiger partial charge in [0.15, 0.2) is 11.5 Å². The van der Waals surface area contributed by atoms with E-state index in [0.717, 1.165) is 39.0 Å². The van der Waals surface area contributed by atoms with Crippen molar-refractivity contribution in [1.82, 2.24) is 19.9 Å². The summed E-state index contributed by atoms with van der Waals surface area (Å²) in [6, 6.07) is 14.2. The van der Waals surface area contributed by atoms with Crippen LogP contribution in [0.15, 0.2) is 52.5 Å². The van der Waals surface area contributed by atoms with E-state index in [-0.39, 0.29) is 5.75 Å². The average molecular weight is 419 g/mol. The third-order valence-corrected chi connectivity index (χ3v) is 5.19. The fourth-order valence-corrected chi connectivity index (χ4v) is 3.67. The van der Waals surface area contributed by atoms with E-state index >= 15 is 0 Å². The highest BCUT2D eigenvalue weighted by Gasteiger charge is 2.13. The number of rotatable bonds is 9. The van der Waals surface area contributed by atoms with Crippen molar-refractivity contribution in [1.29, 1.82) is 0 Å². The molecule has 28 heavy (non-hydrogen) atoms. The molecule has 0 saturated carbocycles. The van der Waals surface area contributed by atoms with Crippen LogP contribution in [0.1, 0.15) is 0 Å². The number of nitrogens with two attached hydrogens (primary N) is 1. The van der Waals surface area contributed by atoms with Gasteiger partial charge in [-0.15, -0.1) is 5.10 Å². The molecule has 8 nitrogen and oxygen atoms in total. The lowest BCUT2D eigenvalue weighted by atomic mass is 10.0. The molecule has 2 aromatic carbocycles. The molecule has 1 heterocycles. The molecule has 0 aliphatic rings. The molecule has 3 rings (SSSR count). The first kappa shape index (κ1) is 20.4. The molecule has 1 aromatic heterocycles. The van der Waals surface area contributed by atoms with Crippen molar-refractivity contribution in [2.24, 2.45) is 0 Å². The molecule has 0 unspecified atom stereocenters. The van der Waals surface area contributed by atoms with Gasteiger partial charge in [-0.2, -0.15) is 5.48 Å². The lowest BCUT2D eigenvalue weighted by Gasteiger charge is -2.08. The Bertz CT molecular complexity index is 964. The Labute approximate surface area is 170 Å². The summed E-state index contributed by atoms with van der Waals surface area (Å²) >= 11 is 2.62. The van der Waals surface area contributed by atoms with Crippen LogP contribution in [0, 0.1) is 0 Å². The first-order chi connectivity index (χ1) is 13.6. The SMILES string of the molecule is CNSc1cccc(-c2cc([NH2+]OC)cc(-c3nc(SCC(=O)O)n[nH]3)c2)c1. The van der Waals surface area contributed by atoms with E-state index in [1.807, 2.05) is 43.4 Å². The van der Waals surface area contributed by atoms with E-state index in [1.54, 1.807) is 24.5 Å². The predicted molar refractivity (Wildman–Crippen MR) is 109 cm³/mol. The van der Waals surface area contributed by atoms with Crippen LogP contribution in [-0.4, -0.2) is 46.2 Å². The van der Waals surface area contributed by atoms with Crippen molar-refractivity contribution in [3.63, 3.8) is 0 Å². The second kappa shape index (κ2) is 9.71. The summed E-state index contributed by atoms with van der Waals surface area (Å²) in [6.07, 6.45) is 0. The zero-order valence-corrected chi connectivity index (χ0v) is 16.9. The normalized spacial score (nSPS) is 10.9. The predicted octanol–water partition coefficient (Wildman–Crippen LogP) is 2.30. The molecule has 146 valence electrons. The Hall–Kier alpha value is -2.37. The number of quaternary nitrogens is 1. The summed E-state index contributed by atoms with van der Waals surface area (Å²) < 4.78 is 3.08. The summed E-state index contributed by atoms with van der Waals surface area (Å²) in [5.41, 5.74) is 5.46. The number of aromatic amines is 1. The largest absolute Gasteiger partial charge is 0.481 e. The lowest BCUT2D eigenvalue weighted by molar-refractivity contribution is -0.830. The fourth-order valence-electron chi connectivity index (χ4n) is 2.58. The lowest BCUT2D eigenvalue weighted by Crippen LogP contribution is -2.75. The van der Waals surface area contributed by atoms with E-state index < -0.39 is 5.97 Å². The number of aliphatic carboxylic acids is 1. The van der Waals surface area contributed by atoms with Crippen molar-refractivity contribution in [2.75, 3.05) is 19.9 Å². The van der Waals surface area contributed by atoms with E-state index in [4.69, 9.17) is 9.94 Å². The summed E-state index contributed by atoms with van der Waals surface area (Å²) in [5, 5.41) is 16.2. The maximum absolute atomic E-state index is 10.7. The third-order valence-electron chi connectivity index (χ3n) is 3.66. The molecule has 0 aliphatic heterocycles. The van der Waals surface area contributed by atoms with Crippen LogP contribution in [0.3, 0.4) is 0 Å². The minimum absolute atomic E-state index is 0.0873. The van der Waals surface area contributed by atoms with Crippen molar-refractivity contribution in [3.05, 3.63) is 42.5 Å². The minimum atomic E-state index is -0.908. The summed E-state index contributed by atoms with van der Waals surface area (Å²) in [7, 11) is 3.49. The van der Waals surface area contributed by atoms with Crippen LogP contribution in [-0.2, 0) is 9.63 Å². The molecule has 0 radical (unpaired) electrons. The van der Waals surface area contributed by atoms with Gasteiger partial charge in [-0.1, -0.05) is 23.9 Å². The smallest absolute Gasteiger partial charge is 0.313 e. The van der Waals surface area contributed by atoms with Crippen molar-refractivity contribution in [3.8, 4) is 22.5 Å². The number of carboxylic acid groups (broad SMARTS) is 1. The quantitative estimate of drug-likeness (QED) is 0.181. The van der Waals surface area contributed by atoms with Gasteiger partial charge in [0.2, 0.25) is 5.16 Å². The first-order valence-corrected chi connectivity index (χ1v) is 10.1. The van der Waals surface area contributed by atoms with Crippen molar-refractivity contribution < 1.29 is 20.2 Å². The van der Waals surface area contributed by atoms with E-state index in [2.05, 4.69) is 26.0 Å². The second-order valence-corrected chi connectivity index (χ2v) is 7.71. The number of hydrogen-bond donors (Lipinski definition) is 4. The molecule has 5 N–H and O–H groups in total. The molecule has 0 amide bonds. The molecular weight excluding hydrogens is 398 g/mol. The van der Waals surface area contributed by atoms with Gasteiger partial charge in [0.1, 0.15) is 0 Å². The van der Waals surface area contributed by atoms with Crippen molar-refractivity contribution >= 4 is 35.4 Å². The van der Waals surface area contributed by atoms with E-state index in [1.165, 1.54) is 0 Å². The molecule has 0 atom stereocenters. The van der Waals surface area contributed by atoms with Gasteiger partial charge in [-0.3, -0.25) is 14.6 Å². The number of thioether (sulfide) groups is 1.